The van der Waals surface area contributed by atoms with Gasteiger partial charge >= 0.3 is 0 Å². The highest BCUT2D eigenvalue weighted by molar-refractivity contribution is 5.92. The van der Waals surface area contributed by atoms with E-state index in [0.29, 0.717) is 30.3 Å². The third-order valence-electron chi connectivity index (χ3n) is 4.69. The van der Waals surface area contributed by atoms with E-state index in [0.717, 1.165) is 37.2 Å². The normalized spacial score (nSPS) is 16.7. The Morgan fingerprint density at radius 2 is 2.20 bits per heavy atom. The van der Waals surface area contributed by atoms with E-state index in [1.807, 2.05) is 6.92 Å². The topological polar surface area (TPSA) is 93.2 Å². The van der Waals surface area contributed by atoms with Gasteiger partial charge in [-0.15, -0.1) is 0 Å². The zero-order valence-corrected chi connectivity index (χ0v) is 15.1. The lowest BCUT2D eigenvalue weighted by atomic mass is 9.95. The smallest absolute Gasteiger partial charge is 0.289 e. The van der Waals surface area contributed by atoms with Crippen LogP contribution in [0.2, 0.25) is 0 Å². The second kappa shape index (κ2) is 7.39. The summed E-state index contributed by atoms with van der Waals surface area (Å²) in [6, 6.07) is 0.0380. The highest BCUT2D eigenvalue weighted by Gasteiger charge is 2.27. The fourth-order valence-electron chi connectivity index (χ4n) is 3.52. The molecule has 0 bridgehead atoms. The molecule has 0 aromatic carbocycles. The van der Waals surface area contributed by atoms with E-state index < -0.39 is 0 Å². The predicted octanol–water partition coefficient (Wildman–Crippen LogP) is 1.72. The highest BCUT2D eigenvalue weighted by atomic mass is 16.4. The number of hydrogen-bond acceptors (Lipinski definition) is 5. The Morgan fingerprint density at radius 3 is 2.92 bits per heavy atom. The molecule has 2 aromatic rings. The van der Waals surface area contributed by atoms with Crippen LogP contribution in [0.1, 0.15) is 59.1 Å². The molecule has 0 saturated carbocycles. The van der Waals surface area contributed by atoms with Crippen molar-refractivity contribution in [3.8, 4) is 0 Å². The van der Waals surface area contributed by atoms with Gasteiger partial charge in [-0.25, -0.2) is 9.97 Å². The Labute approximate surface area is 147 Å². The van der Waals surface area contributed by atoms with Crippen molar-refractivity contribution < 1.29 is 14.3 Å². The number of carbonyl (C=O) groups excluding carboxylic acids is 1. The van der Waals surface area contributed by atoms with Crippen molar-refractivity contribution in [2.45, 2.75) is 65.5 Å². The van der Waals surface area contributed by atoms with Gasteiger partial charge in [-0.1, -0.05) is 6.92 Å². The third-order valence-corrected chi connectivity index (χ3v) is 4.69. The molecule has 7 heteroatoms. The SMILES string of the molecule is CCCc1nc(C)c(C(=O)NC2CCc3c(nc(C)n3CCO)C2)o1. The van der Waals surface area contributed by atoms with Crippen LogP contribution in [0.5, 0.6) is 0 Å². The molecule has 25 heavy (non-hydrogen) atoms. The summed E-state index contributed by atoms with van der Waals surface area (Å²) in [5.41, 5.74) is 2.84. The number of aromatic nitrogens is 3. The third kappa shape index (κ3) is 3.61. The molecular weight excluding hydrogens is 320 g/mol. The van der Waals surface area contributed by atoms with Crippen LogP contribution in [0.3, 0.4) is 0 Å². The Hall–Kier alpha value is -2.15. The number of aliphatic hydroxyl groups excluding tert-OH is 1. The molecule has 3 rings (SSSR count). The fourth-order valence-corrected chi connectivity index (χ4v) is 3.52. The van der Waals surface area contributed by atoms with Crippen LogP contribution in [-0.4, -0.2) is 38.2 Å². The van der Waals surface area contributed by atoms with Gasteiger partial charge in [0.05, 0.1) is 18.0 Å². The molecule has 2 aromatic heterocycles. The largest absolute Gasteiger partial charge is 0.435 e. The number of oxazole rings is 1. The molecule has 0 radical (unpaired) electrons. The van der Waals surface area contributed by atoms with Crippen molar-refractivity contribution >= 4 is 5.91 Å². The summed E-state index contributed by atoms with van der Waals surface area (Å²) < 4.78 is 7.69. The number of amides is 1. The van der Waals surface area contributed by atoms with Crippen molar-refractivity contribution in [3.63, 3.8) is 0 Å². The number of nitrogens with zero attached hydrogens (tertiary/aromatic N) is 3. The summed E-state index contributed by atoms with van der Waals surface area (Å²) in [6.45, 7) is 6.49. The lowest BCUT2D eigenvalue weighted by molar-refractivity contribution is 0.0902. The highest BCUT2D eigenvalue weighted by Crippen LogP contribution is 2.23. The van der Waals surface area contributed by atoms with Crippen LogP contribution in [-0.2, 0) is 25.8 Å². The first-order valence-electron chi connectivity index (χ1n) is 8.96. The Balaban J connectivity index is 1.69. The number of aryl methyl sites for hydroxylation is 3. The summed E-state index contributed by atoms with van der Waals surface area (Å²) in [5.74, 6) is 1.65. The summed E-state index contributed by atoms with van der Waals surface area (Å²) >= 11 is 0. The lowest BCUT2D eigenvalue weighted by Crippen LogP contribution is -2.39. The van der Waals surface area contributed by atoms with E-state index in [-0.39, 0.29) is 18.6 Å². The summed E-state index contributed by atoms with van der Waals surface area (Å²) in [7, 11) is 0. The quantitative estimate of drug-likeness (QED) is 0.831. The molecule has 1 amide bonds. The molecule has 2 N–H and O–H groups in total. The molecule has 2 heterocycles. The van der Waals surface area contributed by atoms with Crippen molar-refractivity contribution in [2.24, 2.45) is 0 Å². The molecule has 0 aliphatic heterocycles. The molecular formula is C18H26N4O3. The van der Waals surface area contributed by atoms with Crippen molar-refractivity contribution in [2.75, 3.05) is 6.61 Å². The van der Waals surface area contributed by atoms with Crippen LogP contribution in [0.4, 0.5) is 0 Å². The average Bonchev–Trinajstić information content (AvgIpc) is 3.08. The van der Waals surface area contributed by atoms with Gasteiger partial charge in [0, 0.05) is 31.1 Å². The molecule has 1 aliphatic rings. The van der Waals surface area contributed by atoms with Crippen LogP contribution in [0, 0.1) is 13.8 Å². The minimum Gasteiger partial charge on any atom is -0.435 e. The number of fused-ring (bicyclic) bond motifs is 1. The maximum absolute atomic E-state index is 12.5. The molecule has 0 saturated heterocycles. The number of imidazole rings is 1. The monoisotopic (exact) mass is 346 g/mol. The lowest BCUT2D eigenvalue weighted by Gasteiger charge is -2.23. The number of rotatable bonds is 6. The van der Waals surface area contributed by atoms with E-state index in [4.69, 9.17) is 4.42 Å². The van der Waals surface area contributed by atoms with Gasteiger partial charge in [-0.05, 0) is 33.1 Å². The second-order valence-electron chi connectivity index (χ2n) is 6.61. The van der Waals surface area contributed by atoms with Gasteiger partial charge < -0.3 is 19.4 Å². The van der Waals surface area contributed by atoms with E-state index in [2.05, 4.69) is 26.8 Å². The van der Waals surface area contributed by atoms with Crippen LogP contribution in [0.15, 0.2) is 4.42 Å². The minimum atomic E-state index is -0.202. The van der Waals surface area contributed by atoms with Gasteiger partial charge in [0.25, 0.3) is 5.91 Å². The summed E-state index contributed by atoms with van der Waals surface area (Å²) in [6.07, 6.45) is 4.07. The van der Waals surface area contributed by atoms with Crippen molar-refractivity contribution in [3.05, 3.63) is 34.6 Å². The first-order chi connectivity index (χ1) is 12.0. The summed E-state index contributed by atoms with van der Waals surface area (Å²) in [4.78, 5) is 21.5. The van der Waals surface area contributed by atoms with Gasteiger partial charge in [0.15, 0.2) is 5.89 Å². The van der Waals surface area contributed by atoms with Gasteiger partial charge in [-0.3, -0.25) is 4.79 Å². The second-order valence-corrected chi connectivity index (χ2v) is 6.61. The molecule has 1 aliphatic carbocycles. The first kappa shape index (κ1) is 17.7. The van der Waals surface area contributed by atoms with E-state index >= 15 is 0 Å². The predicted molar refractivity (Wildman–Crippen MR) is 92.6 cm³/mol. The summed E-state index contributed by atoms with van der Waals surface area (Å²) in [5, 5.41) is 12.3. The average molecular weight is 346 g/mol. The zero-order valence-electron chi connectivity index (χ0n) is 15.1. The minimum absolute atomic E-state index is 0.0380. The molecule has 1 atom stereocenters. The number of carbonyl (C=O) groups is 1. The first-order valence-corrected chi connectivity index (χ1v) is 8.96. The molecule has 0 fully saturated rings. The molecule has 1 unspecified atom stereocenters. The van der Waals surface area contributed by atoms with Gasteiger partial charge in [-0.2, -0.15) is 0 Å². The maximum Gasteiger partial charge on any atom is 0.289 e. The molecule has 136 valence electrons. The number of aliphatic hydroxyl groups is 1. The van der Waals surface area contributed by atoms with E-state index in [1.165, 1.54) is 5.69 Å². The number of hydrogen-bond donors (Lipinski definition) is 2. The van der Waals surface area contributed by atoms with E-state index in [1.54, 1.807) is 6.92 Å². The fraction of sp³-hybridized carbons (Fsp3) is 0.611. The van der Waals surface area contributed by atoms with Crippen LogP contribution < -0.4 is 5.32 Å². The number of nitrogens with one attached hydrogen (secondary N) is 1. The van der Waals surface area contributed by atoms with Crippen LogP contribution in [0.25, 0.3) is 0 Å². The van der Waals surface area contributed by atoms with Crippen molar-refractivity contribution in [1.29, 1.82) is 0 Å². The maximum atomic E-state index is 12.5. The Morgan fingerprint density at radius 1 is 1.40 bits per heavy atom. The zero-order chi connectivity index (χ0) is 18.0. The molecule has 7 nitrogen and oxygen atoms in total. The van der Waals surface area contributed by atoms with Gasteiger partial charge in [0.1, 0.15) is 5.82 Å². The van der Waals surface area contributed by atoms with Crippen LogP contribution >= 0.6 is 0 Å². The Kier molecular flexibility index (Phi) is 5.22. The van der Waals surface area contributed by atoms with Gasteiger partial charge in [0.2, 0.25) is 5.76 Å². The molecule has 0 spiro atoms. The standard InChI is InChI=1S/C18H26N4O3/c1-4-5-16-19-11(2)17(25-16)18(24)21-13-6-7-15-14(10-13)20-12(3)22(15)8-9-23/h13,23H,4-10H2,1-3H3,(H,21,24). The van der Waals surface area contributed by atoms with Crippen molar-refractivity contribution in [1.82, 2.24) is 19.9 Å². The Bertz CT molecular complexity index is 763. The van der Waals surface area contributed by atoms with E-state index in [9.17, 15) is 9.90 Å².